The number of para-hydroxylation sites is 1. The summed E-state index contributed by atoms with van der Waals surface area (Å²) in [5.74, 6) is 0.0774. The van der Waals surface area contributed by atoms with Crippen molar-refractivity contribution in [3.8, 4) is 5.69 Å². The molecule has 0 aliphatic rings. The average molecular weight is 449 g/mol. The lowest BCUT2D eigenvalue weighted by molar-refractivity contribution is -0.176. The van der Waals surface area contributed by atoms with Crippen molar-refractivity contribution in [3.05, 3.63) is 77.6 Å². The van der Waals surface area contributed by atoms with Crippen molar-refractivity contribution in [1.29, 1.82) is 0 Å². The highest BCUT2D eigenvalue weighted by molar-refractivity contribution is 7.99. The number of thioether (sulfide) groups is 1. The van der Waals surface area contributed by atoms with Crippen molar-refractivity contribution in [1.82, 2.24) is 14.9 Å². The molecule has 3 rings (SSSR count). The zero-order valence-corrected chi connectivity index (χ0v) is 17.7. The predicted octanol–water partition coefficient (Wildman–Crippen LogP) is 4.67. The first-order chi connectivity index (χ1) is 14.8. The molecule has 9 heteroatoms. The van der Waals surface area contributed by atoms with Crippen LogP contribution in [0.25, 0.3) is 5.69 Å². The predicted molar refractivity (Wildman–Crippen MR) is 113 cm³/mol. The van der Waals surface area contributed by atoms with Crippen molar-refractivity contribution in [2.75, 3.05) is 12.4 Å². The molecule has 0 fully saturated rings. The SMILES string of the molecule is Cc1ccccc1-n1ccnc1SCC(=O)NCc1ccc(COCC(F)(F)F)cc1. The summed E-state index contributed by atoms with van der Waals surface area (Å²) in [5, 5.41) is 3.57. The maximum absolute atomic E-state index is 12.2. The molecule has 0 atom stereocenters. The topological polar surface area (TPSA) is 56.2 Å². The maximum Gasteiger partial charge on any atom is 0.411 e. The number of benzene rings is 2. The van der Waals surface area contributed by atoms with Gasteiger partial charge in [0.05, 0.1) is 18.0 Å². The summed E-state index contributed by atoms with van der Waals surface area (Å²) in [6, 6.07) is 14.8. The van der Waals surface area contributed by atoms with Gasteiger partial charge in [0.1, 0.15) is 6.61 Å². The molecule has 0 saturated carbocycles. The van der Waals surface area contributed by atoms with E-state index < -0.39 is 12.8 Å². The Bertz CT molecular complexity index is 1000. The number of ether oxygens (including phenoxy) is 1. The number of rotatable bonds is 9. The quantitative estimate of drug-likeness (QED) is 0.483. The van der Waals surface area contributed by atoms with Crippen LogP contribution in [0, 0.1) is 6.92 Å². The Balaban J connectivity index is 1.45. The molecule has 1 amide bonds. The van der Waals surface area contributed by atoms with Crippen LogP contribution in [-0.2, 0) is 22.7 Å². The van der Waals surface area contributed by atoms with Crippen molar-refractivity contribution in [3.63, 3.8) is 0 Å². The van der Waals surface area contributed by atoms with Crippen LogP contribution in [0.4, 0.5) is 13.2 Å². The minimum absolute atomic E-state index is 0.115. The highest BCUT2D eigenvalue weighted by atomic mass is 32.2. The Kier molecular flexibility index (Phi) is 7.75. The van der Waals surface area contributed by atoms with Crippen LogP contribution in [0.15, 0.2) is 66.1 Å². The Morgan fingerprint density at radius 3 is 2.55 bits per heavy atom. The van der Waals surface area contributed by atoms with Gasteiger partial charge in [-0.2, -0.15) is 13.2 Å². The van der Waals surface area contributed by atoms with Crippen LogP contribution in [0.5, 0.6) is 0 Å². The number of nitrogens with zero attached hydrogens (tertiary/aromatic N) is 2. The molecule has 1 heterocycles. The zero-order chi connectivity index (χ0) is 22.3. The third kappa shape index (κ3) is 7.15. The number of hydrogen-bond donors (Lipinski definition) is 1. The number of carbonyl (C=O) groups excluding carboxylic acids is 1. The van der Waals surface area contributed by atoms with E-state index in [0.717, 1.165) is 22.0 Å². The lowest BCUT2D eigenvalue weighted by Gasteiger charge is -2.10. The van der Waals surface area contributed by atoms with Gasteiger partial charge in [-0.1, -0.05) is 54.2 Å². The molecule has 5 nitrogen and oxygen atoms in total. The summed E-state index contributed by atoms with van der Waals surface area (Å²) in [5.41, 5.74) is 3.61. The Morgan fingerprint density at radius 1 is 1.13 bits per heavy atom. The molecule has 0 aliphatic carbocycles. The van der Waals surface area contributed by atoms with Crippen LogP contribution >= 0.6 is 11.8 Å². The van der Waals surface area contributed by atoms with Crippen molar-refractivity contribution < 1.29 is 22.7 Å². The number of aromatic nitrogens is 2. The number of aryl methyl sites for hydroxylation is 1. The fourth-order valence-electron chi connectivity index (χ4n) is 2.83. The standard InChI is InChI=1S/C22H22F3N3O2S/c1-16-4-2-3-5-19(16)28-11-10-26-21(28)31-14-20(29)27-12-17-6-8-18(9-7-17)13-30-15-22(23,24)25/h2-11H,12-15H2,1H3,(H,27,29). The third-order valence-electron chi connectivity index (χ3n) is 4.36. The van der Waals surface area contributed by atoms with Crippen molar-refractivity contribution >= 4 is 17.7 Å². The van der Waals surface area contributed by atoms with Gasteiger partial charge in [-0.25, -0.2) is 4.98 Å². The number of imidazole rings is 1. The number of amides is 1. The van der Waals surface area contributed by atoms with Gasteiger partial charge in [0.2, 0.25) is 5.91 Å². The first-order valence-electron chi connectivity index (χ1n) is 9.53. The molecule has 0 bridgehead atoms. The Morgan fingerprint density at radius 2 is 1.84 bits per heavy atom. The van der Waals surface area contributed by atoms with E-state index in [2.05, 4.69) is 15.0 Å². The summed E-state index contributed by atoms with van der Waals surface area (Å²) < 4.78 is 42.9. The van der Waals surface area contributed by atoms with Crippen molar-refractivity contribution in [2.45, 2.75) is 31.4 Å². The molecule has 164 valence electrons. The molecule has 0 spiro atoms. The van der Waals surface area contributed by atoms with Crippen LogP contribution in [0.3, 0.4) is 0 Å². The Labute approximate surface area is 182 Å². The lowest BCUT2D eigenvalue weighted by atomic mass is 10.1. The summed E-state index contributed by atoms with van der Waals surface area (Å²) in [7, 11) is 0. The van der Waals surface area contributed by atoms with Gasteiger partial charge in [-0.05, 0) is 29.7 Å². The summed E-state index contributed by atoms with van der Waals surface area (Å²) in [4.78, 5) is 16.6. The normalized spacial score (nSPS) is 11.5. The number of hydrogen-bond acceptors (Lipinski definition) is 4. The molecule has 3 aromatic rings. The second-order valence-corrected chi connectivity index (χ2v) is 7.80. The molecule has 0 unspecified atom stereocenters. The van der Waals surface area contributed by atoms with E-state index in [1.165, 1.54) is 11.8 Å². The molecule has 31 heavy (non-hydrogen) atoms. The average Bonchev–Trinajstić information content (AvgIpc) is 3.19. The minimum Gasteiger partial charge on any atom is -0.367 e. The summed E-state index contributed by atoms with van der Waals surface area (Å²) in [6.45, 7) is 0.959. The number of halogens is 3. The fraction of sp³-hybridized carbons (Fsp3) is 0.273. The smallest absolute Gasteiger partial charge is 0.367 e. The highest BCUT2D eigenvalue weighted by Gasteiger charge is 2.27. The van der Waals surface area contributed by atoms with E-state index in [0.29, 0.717) is 12.1 Å². The molecule has 0 radical (unpaired) electrons. The van der Waals surface area contributed by atoms with Crippen LogP contribution in [0.2, 0.25) is 0 Å². The van der Waals surface area contributed by atoms with Crippen molar-refractivity contribution in [2.24, 2.45) is 0 Å². The zero-order valence-electron chi connectivity index (χ0n) is 16.9. The second kappa shape index (κ2) is 10.5. The molecule has 1 N–H and O–H groups in total. The van der Waals surface area contributed by atoms with Gasteiger partial charge >= 0.3 is 6.18 Å². The second-order valence-electron chi connectivity index (χ2n) is 6.86. The van der Waals surface area contributed by atoms with Crippen LogP contribution in [0.1, 0.15) is 16.7 Å². The molecule has 0 aliphatic heterocycles. The van der Waals surface area contributed by atoms with E-state index in [9.17, 15) is 18.0 Å². The van der Waals surface area contributed by atoms with E-state index in [1.54, 1.807) is 30.5 Å². The van der Waals surface area contributed by atoms with Gasteiger partial charge in [0.15, 0.2) is 5.16 Å². The lowest BCUT2D eigenvalue weighted by Crippen LogP contribution is -2.24. The number of nitrogens with one attached hydrogen (secondary N) is 1. The fourth-order valence-corrected chi connectivity index (χ4v) is 3.63. The van der Waals surface area contributed by atoms with E-state index >= 15 is 0 Å². The summed E-state index contributed by atoms with van der Waals surface area (Å²) >= 11 is 1.35. The van der Waals surface area contributed by atoms with E-state index in [1.807, 2.05) is 42.0 Å². The molecular formula is C22H22F3N3O2S. The molecule has 0 saturated heterocycles. The maximum atomic E-state index is 12.2. The largest absolute Gasteiger partial charge is 0.411 e. The van der Waals surface area contributed by atoms with E-state index in [-0.39, 0.29) is 18.3 Å². The first-order valence-corrected chi connectivity index (χ1v) is 10.5. The monoisotopic (exact) mass is 449 g/mol. The highest BCUT2D eigenvalue weighted by Crippen LogP contribution is 2.22. The van der Waals surface area contributed by atoms with Gasteiger partial charge < -0.3 is 10.1 Å². The Hall–Kier alpha value is -2.78. The first kappa shape index (κ1) is 22.9. The minimum atomic E-state index is -4.33. The molecule has 1 aromatic heterocycles. The van der Waals surface area contributed by atoms with Gasteiger partial charge in [0, 0.05) is 18.9 Å². The van der Waals surface area contributed by atoms with E-state index in [4.69, 9.17) is 0 Å². The molecular weight excluding hydrogens is 427 g/mol. The number of carbonyl (C=O) groups is 1. The van der Waals surface area contributed by atoms with Crippen LogP contribution < -0.4 is 5.32 Å². The van der Waals surface area contributed by atoms with Crippen LogP contribution in [-0.4, -0.2) is 34.0 Å². The summed E-state index contributed by atoms with van der Waals surface area (Å²) in [6.07, 6.45) is -0.769. The van der Waals surface area contributed by atoms with Gasteiger partial charge in [-0.3, -0.25) is 9.36 Å². The van der Waals surface area contributed by atoms with Gasteiger partial charge in [-0.15, -0.1) is 0 Å². The molecule has 2 aromatic carbocycles. The van der Waals surface area contributed by atoms with Gasteiger partial charge in [0.25, 0.3) is 0 Å². The number of alkyl halides is 3. The third-order valence-corrected chi connectivity index (χ3v) is 5.33.